The van der Waals surface area contributed by atoms with Crippen LogP contribution in [-0.2, 0) is 11.3 Å². The maximum absolute atomic E-state index is 12.8. The third kappa shape index (κ3) is 3.66. The van der Waals surface area contributed by atoms with E-state index in [1.54, 1.807) is 0 Å². The van der Waals surface area contributed by atoms with Gasteiger partial charge in [-0.3, -0.25) is 14.2 Å². The number of carbonyl (C=O) groups is 1. The Balaban J connectivity index is 1.46. The number of aromatic nitrogens is 2. The normalized spacial score (nSPS) is 14.6. The zero-order valence-corrected chi connectivity index (χ0v) is 15.5. The average Bonchev–Trinajstić information content (AvgIpc) is 2.70. The Bertz CT molecular complexity index is 1040. The molecule has 0 saturated carbocycles. The Morgan fingerprint density at radius 1 is 1.04 bits per heavy atom. The quantitative estimate of drug-likeness (QED) is 0.698. The first-order valence-corrected chi connectivity index (χ1v) is 9.22. The number of fused-ring (bicyclic) bond motifs is 1. The third-order valence-corrected chi connectivity index (χ3v) is 5.09. The van der Waals surface area contributed by atoms with Crippen LogP contribution in [0.4, 0.5) is 5.69 Å². The summed E-state index contributed by atoms with van der Waals surface area (Å²) in [6.45, 7) is 2.72. The molecule has 1 saturated heterocycles. The summed E-state index contributed by atoms with van der Waals surface area (Å²) in [7, 11) is 0. The minimum Gasteiger partial charge on any atom is -0.368 e. The molecule has 0 unspecified atom stereocenters. The second-order valence-electron chi connectivity index (χ2n) is 6.52. The molecule has 1 amide bonds. The SMILES string of the molecule is O=C(Cn1c(=O)cnc2ccccc21)N1CCN(c2cccc(Cl)c2)CC1. The monoisotopic (exact) mass is 382 g/mol. The number of halogens is 1. The van der Waals surface area contributed by atoms with Gasteiger partial charge >= 0.3 is 0 Å². The molecule has 138 valence electrons. The molecule has 0 spiro atoms. The number of piperazine rings is 1. The molecular formula is C20H19ClN4O2. The Labute approximate surface area is 161 Å². The van der Waals surface area contributed by atoms with Crippen molar-refractivity contribution in [3.8, 4) is 0 Å². The van der Waals surface area contributed by atoms with Crippen molar-refractivity contribution < 1.29 is 4.79 Å². The Hall–Kier alpha value is -2.86. The van der Waals surface area contributed by atoms with Gasteiger partial charge in [0.15, 0.2) is 0 Å². The first-order chi connectivity index (χ1) is 13.1. The van der Waals surface area contributed by atoms with E-state index in [4.69, 9.17) is 11.6 Å². The molecule has 0 bridgehead atoms. The molecule has 0 aliphatic carbocycles. The van der Waals surface area contributed by atoms with Crippen molar-refractivity contribution in [2.75, 3.05) is 31.1 Å². The number of nitrogens with zero attached hydrogens (tertiary/aromatic N) is 4. The standard InChI is InChI=1S/C20H19ClN4O2/c21-15-4-3-5-16(12-15)23-8-10-24(11-9-23)20(27)14-25-18-7-2-1-6-17(18)22-13-19(25)26/h1-7,12-13H,8-11,14H2. The van der Waals surface area contributed by atoms with Crippen LogP contribution in [-0.4, -0.2) is 46.5 Å². The van der Waals surface area contributed by atoms with Gasteiger partial charge in [0.05, 0.1) is 17.2 Å². The number of anilines is 1. The molecule has 6 nitrogen and oxygen atoms in total. The molecule has 7 heteroatoms. The molecule has 4 rings (SSSR count). The molecular weight excluding hydrogens is 364 g/mol. The van der Waals surface area contributed by atoms with Crippen LogP contribution in [0, 0.1) is 0 Å². The van der Waals surface area contributed by atoms with Gasteiger partial charge in [-0.05, 0) is 30.3 Å². The van der Waals surface area contributed by atoms with Crippen LogP contribution in [0.15, 0.2) is 59.5 Å². The van der Waals surface area contributed by atoms with Crippen LogP contribution in [0.3, 0.4) is 0 Å². The van der Waals surface area contributed by atoms with E-state index in [0.29, 0.717) is 29.1 Å². The van der Waals surface area contributed by atoms with E-state index in [9.17, 15) is 9.59 Å². The lowest BCUT2D eigenvalue weighted by Crippen LogP contribution is -2.50. The Kier molecular flexibility index (Phi) is 4.81. The van der Waals surface area contributed by atoms with E-state index in [0.717, 1.165) is 18.8 Å². The first-order valence-electron chi connectivity index (χ1n) is 8.85. The second-order valence-corrected chi connectivity index (χ2v) is 6.96. The highest BCUT2D eigenvalue weighted by Gasteiger charge is 2.22. The van der Waals surface area contributed by atoms with Crippen LogP contribution in [0.5, 0.6) is 0 Å². The predicted molar refractivity (Wildman–Crippen MR) is 106 cm³/mol. The van der Waals surface area contributed by atoms with Gasteiger partial charge in [0.1, 0.15) is 6.54 Å². The average molecular weight is 383 g/mol. The predicted octanol–water partition coefficient (Wildman–Crippen LogP) is 2.40. The van der Waals surface area contributed by atoms with Crippen LogP contribution < -0.4 is 10.5 Å². The topological polar surface area (TPSA) is 58.4 Å². The molecule has 1 fully saturated rings. The Morgan fingerprint density at radius 2 is 1.81 bits per heavy atom. The third-order valence-electron chi connectivity index (χ3n) is 4.85. The minimum atomic E-state index is -0.264. The van der Waals surface area contributed by atoms with Crippen molar-refractivity contribution in [2.24, 2.45) is 0 Å². The van der Waals surface area contributed by atoms with Crippen molar-refractivity contribution in [2.45, 2.75) is 6.54 Å². The van der Waals surface area contributed by atoms with Gasteiger partial charge in [0.2, 0.25) is 5.91 Å². The summed E-state index contributed by atoms with van der Waals surface area (Å²) in [4.78, 5) is 33.2. The smallest absolute Gasteiger partial charge is 0.269 e. The van der Waals surface area contributed by atoms with Crippen molar-refractivity contribution in [3.63, 3.8) is 0 Å². The number of para-hydroxylation sites is 2. The summed E-state index contributed by atoms with van der Waals surface area (Å²) in [5.74, 6) is -0.0563. The zero-order chi connectivity index (χ0) is 18.8. The number of benzene rings is 2. The largest absolute Gasteiger partial charge is 0.368 e. The van der Waals surface area contributed by atoms with E-state index >= 15 is 0 Å². The van der Waals surface area contributed by atoms with Gasteiger partial charge in [0, 0.05) is 36.9 Å². The van der Waals surface area contributed by atoms with Crippen LogP contribution >= 0.6 is 11.6 Å². The van der Waals surface area contributed by atoms with Gasteiger partial charge < -0.3 is 9.80 Å². The summed E-state index contributed by atoms with van der Waals surface area (Å²) in [6.07, 6.45) is 1.27. The Morgan fingerprint density at radius 3 is 2.59 bits per heavy atom. The van der Waals surface area contributed by atoms with E-state index in [1.165, 1.54) is 10.8 Å². The van der Waals surface area contributed by atoms with E-state index < -0.39 is 0 Å². The molecule has 27 heavy (non-hydrogen) atoms. The molecule has 2 aromatic carbocycles. The fourth-order valence-corrected chi connectivity index (χ4v) is 3.58. The fourth-order valence-electron chi connectivity index (χ4n) is 3.40. The maximum Gasteiger partial charge on any atom is 0.269 e. The number of rotatable bonds is 3. The molecule has 2 heterocycles. The maximum atomic E-state index is 12.8. The second kappa shape index (κ2) is 7.40. The molecule has 0 atom stereocenters. The highest BCUT2D eigenvalue weighted by atomic mass is 35.5. The van der Waals surface area contributed by atoms with Crippen molar-refractivity contribution in [1.82, 2.24) is 14.5 Å². The number of hydrogen-bond acceptors (Lipinski definition) is 4. The lowest BCUT2D eigenvalue weighted by atomic mass is 10.2. The van der Waals surface area contributed by atoms with Gasteiger partial charge in [-0.15, -0.1) is 0 Å². The van der Waals surface area contributed by atoms with Crippen LogP contribution in [0.1, 0.15) is 0 Å². The molecule has 0 radical (unpaired) electrons. The summed E-state index contributed by atoms with van der Waals surface area (Å²) in [5, 5.41) is 0.704. The summed E-state index contributed by atoms with van der Waals surface area (Å²) >= 11 is 6.07. The van der Waals surface area contributed by atoms with Crippen LogP contribution in [0.25, 0.3) is 11.0 Å². The van der Waals surface area contributed by atoms with Crippen molar-refractivity contribution in [1.29, 1.82) is 0 Å². The van der Waals surface area contributed by atoms with E-state index in [-0.39, 0.29) is 18.0 Å². The van der Waals surface area contributed by atoms with Crippen molar-refractivity contribution >= 4 is 34.2 Å². The lowest BCUT2D eigenvalue weighted by Gasteiger charge is -2.36. The van der Waals surface area contributed by atoms with E-state index in [1.807, 2.05) is 53.4 Å². The molecule has 1 aliphatic heterocycles. The number of amides is 1. The van der Waals surface area contributed by atoms with Gasteiger partial charge in [-0.2, -0.15) is 0 Å². The molecule has 1 aromatic heterocycles. The summed E-state index contributed by atoms with van der Waals surface area (Å²) < 4.78 is 1.49. The van der Waals surface area contributed by atoms with E-state index in [2.05, 4.69) is 9.88 Å². The lowest BCUT2D eigenvalue weighted by molar-refractivity contribution is -0.132. The highest BCUT2D eigenvalue weighted by molar-refractivity contribution is 6.30. The fraction of sp³-hybridized carbons (Fsp3) is 0.250. The number of carbonyl (C=O) groups excluding carboxylic acids is 1. The highest BCUT2D eigenvalue weighted by Crippen LogP contribution is 2.21. The zero-order valence-electron chi connectivity index (χ0n) is 14.7. The molecule has 0 N–H and O–H groups in total. The van der Waals surface area contributed by atoms with Crippen molar-refractivity contribution in [3.05, 3.63) is 70.1 Å². The summed E-state index contributed by atoms with van der Waals surface area (Å²) in [5.41, 5.74) is 2.18. The minimum absolute atomic E-state index is 0.0268. The summed E-state index contributed by atoms with van der Waals surface area (Å²) in [6, 6.07) is 15.1. The molecule has 1 aliphatic rings. The van der Waals surface area contributed by atoms with Gasteiger partial charge in [-0.1, -0.05) is 29.8 Å². The van der Waals surface area contributed by atoms with Crippen LogP contribution in [0.2, 0.25) is 5.02 Å². The number of hydrogen-bond donors (Lipinski definition) is 0. The molecule has 3 aromatic rings. The van der Waals surface area contributed by atoms with Gasteiger partial charge in [0.25, 0.3) is 5.56 Å². The first kappa shape index (κ1) is 17.5. The van der Waals surface area contributed by atoms with Gasteiger partial charge in [-0.25, -0.2) is 4.98 Å².